The Labute approximate surface area is 588 Å². The van der Waals surface area contributed by atoms with E-state index in [0.717, 1.165) is 31.0 Å². The number of morpholine rings is 1. The zero-order valence-corrected chi connectivity index (χ0v) is 64.5. The number of unbranched alkanes of at least 4 members (excludes halogenated alkanes) is 2. The van der Waals surface area contributed by atoms with Crippen LogP contribution in [0.1, 0.15) is 202 Å². The highest BCUT2D eigenvalue weighted by atomic mass is 16.5. The molecule has 98 heavy (non-hydrogen) atoms. The average molecular weight is 1390 g/mol. The number of hydrogen-bond acceptors (Lipinski definition) is 16. The average Bonchev–Trinajstić information content (AvgIpc) is 0.816. The topological polar surface area (TPSA) is 305 Å². The zero-order valence-electron chi connectivity index (χ0n) is 64.5. The van der Waals surface area contributed by atoms with E-state index in [1.165, 1.54) is 80.6 Å². The number of Topliss-reactive ketones (excluding diaryl/α,β-unsaturated/α-hetero) is 2. The van der Waals surface area contributed by atoms with Crippen molar-refractivity contribution in [3.8, 4) is 0 Å². The van der Waals surface area contributed by atoms with Crippen molar-refractivity contribution in [1.29, 1.82) is 0 Å². The summed E-state index contributed by atoms with van der Waals surface area (Å²) >= 11 is 0. The molecule has 2 fully saturated rings. The second kappa shape index (κ2) is 41.3. The van der Waals surface area contributed by atoms with E-state index in [0.29, 0.717) is 45.3 Å². The number of aliphatic hydroxyl groups excluding tert-OH is 1. The summed E-state index contributed by atoms with van der Waals surface area (Å²) in [7, 11) is 8.68. The van der Waals surface area contributed by atoms with Crippen LogP contribution in [0.2, 0.25) is 0 Å². The Balaban J connectivity index is 2.99. The van der Waals surface area contributed by atoms with Crippen LogP contribution in [0.3, 0.4) is 0 Å². The van der Waals surface area contributed by atoms with Gasteiger partial charge in [0, 0.05) is 86.7 Å². The Hall–Kier alpha value is -5.63. The molecule has 2 saturated heterocycles. The molecular formula is C73H132N10O15. The molecule has 0 unspecified atom stereocenters. The van der Waals surface area contributed by atoms with Crippen molar-refractivity contribution < 1.29 is 72.4 Å². The van der Waals surface area contributed by atoms with Crippen LogP contribution < -0.4 is 16.0 Å². The van der Waals surface area contributed by atoms with Gasteiger partial charge in [-0.15, -0.1) is 0 Å². The minimum absolute atomic E-state index is 0.0144. The molecule has 0 aliphatic carbocycles. The molecule has 0 aromatic heterocycles. The van der Waals surface area contributed by atoms with Crippen LogP contribution in [-0.2, 0) is 62.2 Å². The maximum Gasteiger partial charge on any atom is 0.245 e. The van der Waals surface area contributed by atoms with Gasteiger partial charge >= 0.3 is 0 Å². The molecule has 5 N–H and O–H groups in total. The minimum Gasteiger partial charge on any atom is -0.390 e. The van der Waals surface area contributed by atoms with E-state index in [4.69, 9.17) is 9.47 Å². The number of carbonyl (C=O) groups is 11. The van der Waals surface area contributed by atoms with Crippen molar-refractivity contribution in [2.75, 3.05) is 81.7 Å². The van der Waals surface area contributed by atoms with Crippen molar-refractivity contribution in [3.05, 3.63) is 0 Å². The van der Waals surface area contributed by atoms with E-state index in [9.17, 15) is 34.2 Å². The quantitative estimate of drug-likeness (QED) is 0.0807. The number of carbonyl (C=O) groups excluding carboxylic acids is 11. The molecule has 0 bridgehead atoms. The van der Waals surface area contributed by atoms with E-state index >= 15 is 28.8 Å². The Kier molecular flexibility index (Phi) is 37.3. The van der Waals surface area contributed by atoms with Gasteiger partial charge < -0.3 is 65.0 Å². The normalized spacial score (nSPS) is 27.3. The van der Waals surface area contributed by atoms with Crippen LogP contribution in [0.5, 0.6) is 0 Å². The molecule has 564 valence electrons. The van der Waals surface area contributed by atoms with E-state index in [1.54, 1.807) is 69.2 Å². The fraction of sp³-hybridized carbons (Fsp3) is 0.849. The zero-order chi connectivity index (χ0) is 75.1. The summed E-state index contributed by atoms with van der Waals surface area (Å²) in [6, 6.07) is -11.4. The fourth-order valence-corrected chi connectivity index (χ4v) is 13.3. The molecule has 25 heteroatoms. The van der Waals surface area contributed by atoms with E-state index in [-0.39, 0.29) is 62.9 Å². The first-order chi connectivity index (χ1) is 45.4. The lowest BCUT2D eigenvalue weighted by Gasteiger charge is -2.40. The molecule has 25 nitrogen and oxygen atoms in total. The van der Waals surface area contributed by atoms with Gasteiger partial charge in [-0.25, -0.2) is 0 Å². The van der Waals surface area contributed by atoms with Crippen molar-refractivity contribution >= 4 is 64.7 Å². The molecule has 0 saturated carbocycles. The number of ketones is 2. The van der Waals surface area contributed by atoms with Crippen LogP contribution in [-0.4, -0.2) is 263 Å². The van der Waals surface area contributed by atoms with Gasteiger partial charge in [-0.1, -0.05) is 103 Å². The van der Waals surface area contributed by atoms with Crippen molar-refractivity contribution in [1.82, 2.24) is 50.2 Å². The van der Waals surface area contributed by atoms with Crippen LogP contribution >= 0.6 is 0 Å². The highest BCUT2D eigenvalue weighted by molar-refractivity contribution is 6.00. The number of nitrogens with one attached hydrogen (secondary N) is 3. The molecule has 2 rings (SSSR count). The highest BCUT2D eigenvalue weighted by Crippen LogP contribution is 2.28. The van der Waals surface area contributed by atoms with Crippen molar-refractivity contribution in [2.45, 2.75) is 274 Å². The largest absolute Gasteiger partial charge is 0.390 e. The third-order valence-corrected chi connectivity index (χ3v) is 19.8. The fourth-order valence-electron chi connectivity index (χ4n) is 13.3. The van der Waals surface area contributed by atoms with E-state index in [2.05, 4.69) is 20.9 Å². The van der Waals surface area contributed by atoms with Gasteiger partial charge in [0.25, 0.3) is 0 Å². The Morgan fingerprint density at radius 1 is 0.541 bits per heavy atom. The van der Waals surface area contributed by atoms with Crippen molar-refractivity contribution in [3.63, 3.8) is 0 Å². The highest BCUT2D eigenvalue weighted by Gasteiger charge is 2.45. The molecule has 0 spiro atoms. The predicted molar refractivity (Wildman–Crippen MR) is 379 cm³/mol. The van der Waals surface area contributed by atoms with Gasteiger partial charge in [0.2, 0.25) is 53.2 Å². The second-order valence-electron chi connectivity index (χ2n) is 31.0. The number of rotatable bonds is 23. The number of amides is 9. The lowest BCUT2D eigenvalue weighted by atomic mass is 9.85. The third kappa shape index (κ3) is 26.7. The summed E-state index contributed by atoms with van der Waals surface area (Å²) in [5.74, 6) is -11.2. The Morgan fingerprint density at radius 2 is 1.05 bits per heavy atom. The maximum atomic E-state index is 15.2. The molecule has 14 atom stereocenters. The van der Waals surface area contributed by atoms with Gasteiger partial charge in [0.1, 0.15) is 48.3 Å². The molecule has 0 radical (unpaired) electrons. The summed E-state index contributed by atoms with van der Waals surface area (Å²) in [5.41, 5.74) is -0.948. The standard InChI is InChI=1S/C73H132N10O15/c1-25-54-70(93)77(19)51(15)68(91)82(24)62(52(16)98-35-29-28-32-83-33-36-97-37-34-83)59(85)42-53(46(8)9)69(92)78(20)55(38-43(2)3)58(84)41-49(13)64(87)74-50(14)67(90)79(21)56(39-44(4)5)71(94)80(22)57(40-45(6)7)72(95)81(23)61(47(10)11)66(89)76-60(65(88)75-54)63(86)48(12)30-26-27-31-73(17,18)96/h43-57,60-63,86,96H,25-42H2,1-24H3,(H,74,87)(H,75,88)(H,76,89)/t48-,49-,50-,51-,52-,53+,54+,55+,56+,57+,60+,61+,62+,63-/m1/s1. The van der Waals surface area contributed by atoms with Crippen LogP contribution in [0.25, 0.3) is 0 Å². The summed E-state index contributed by atoms with van der Waals surface area (Å²) in [6.45, 7) is 35.2. The molecule has 2 aliphatic rings. The number of hydrogen-bond donors (Lipinski definition) is 5. The second-order valence-corrected chi connectivity index (χ2v) is 31.0. The number of aliphatic hydroxyl groups is 2. The molecule has 2 aliphatic heterocycles. The molecular weight excluding hydrogens is 1260 g/mol. The number of nitrogens with zero attached hydrogens (tertiary/aromatic N) is 7. The van der Waals surface area contributed by atoms with Gasteiger partial charge in [0.05, 0.1) is 37.1 Å². The summed E-state index contributed by atoms with van der Waals surface area (Å²) in [6.07, 6.45) is 0.700. The van der Waals surface area contributed by atoms with Crippen LogP contribution in [0, 0.1) is 47.3 Å². The van der Waals surface area contributed by atoms with Crippen molar-refractivity contribution in [2.24, 2.45) is 47.3 Å². The van der Waals surface area contributed by atoms with Gasteiger partial charge in [0.15, 0.2) is 11.6 Å². The first kappa shape index (κ1) is 88.5. The predicted octanol–water partition coefficient (Wildman–Crippen LogP) is 5.33. The maximum absolute atomic E-state index is 15.2. The number of ether oxygens (including phenoxy) is 2. The summed E-state index contributed by atoms with van der Waals surface area (Å²) < 4.78 is 11.9. The summed E-state index contributed by atoms with van der Waals surface area (Å²) in [4.78, 5) is 173. The van der Waals surface area contributed by atoms with E-state index in [1.807, 2.05) is 41.5 Å². The molecule has 9 amide bonds. The molecule has 0 aromatic carbocycles. The monoisotopic (exact) mass is 1390 g/mol. The van der Waals surface area contributed by atoms with E-state index < -0.39 is 167 Å². The lowest BCUT2D eigenvalue weighted by Crippen LogP contribution is -2.63. The molecule has 2 heterocycles. The smallest absolute Gasteiger partial charge is 0.245 e. The van der Waals surface area contributed by atoms with Gasteiger partial charge in [-0.3, -0.25) is 57.6 Å². The number of likely N-dealkylation sites (N-methyl/N-ethyl adjacent to an activating group) is 6. The Bertz CT molecular complexity index is 2610. The van der Waals surface area contributed by atoms with Crippen LogP contribution in [0.15, 0.2) is 0 Å². The first-order valence-electron chi connectivity index (χ1n) is 36.3. The first-order valence-corrected chi connectivity index (χ1v) is 36.3. The lowest BCUT2D eigenvalue weighted by molar-refractivity contribution is -0.154. The van der Waals surface area contributed by atoms with Gasteiger partial charge in [-0.2, -0.15) is 0 Å². The Morgan fingerprint density at radius 3 is 1.56 bits per heavy atom. The molecule has 0 aromatic rings. The summed E-state index contributed by atoms with van der Waals surface area (Å²) in [5, 5.41) is 31.0. The third-order valence-electron chi connectivity index (χ3n) is 19.8. The minimum atomic E-state index is -1.71. The van der Waals surface area contributed by atoms with Crippen LogP contribution in [0.4, 0.5) is 0 Å². The SMILES string of the molecule is CC[C@@H]1NC(=O)[C@H]([C@H](O)[C@H](C)CCCCC(C)(C)O)NC(=O)[C@H](C(C)C)N(C)C(=O)[C@H](CC(C)C)N(C)C(=O)[C@H](CC(C)C)N(C)C(=O)[C@@H](C)NC(=O)[C@H](C)CC(=O)[C@H](CC(C)C)N(C)C(=O)[C@H](C(C)C)CC(=O)[C@H]([C@@H](C)OCCCCN2CCOCC2)N(C)C(=O)[C@@H](C)N(C)C1=O. The van der Waals surface area contributed by atoms with Gasteiger partial charge in [-0.05, 0) is 128 Å².